The van der Waals surface area contributed by atoms with Crippen molar-refractivity contribution in [3.05, 3.63) is 34.9 Å². The summed E-state index contributed by atoms with van der Waals surface area (Å²) in [7, 11) is 0. The molecule has 0 radical (unpaired) electrons. The molecule has 0 bridgehead atoms. The van der Waals surface area contributed by atoms with Gasteiger partial charge >= 0.3 is 0 Å². The van der Waals surface area contributed by atoms with E-state index in [2.05, 4.69) is 47.6 Å². The molecule has 0 N–H and O–H groups in total. The zero-order chi connectivity index (χ0) is 19.0. The number of hydrogen-bond donors (Lipinski definition) is 0. The van der Waals surface area contributed by atoms with Crippen molar-refractivity contribution in [1.82, 2.24) is 24.9 Å². The quantitative estimate of drug-likeness (QED) is 0.693. The Bertz CT molecular complexity index is 991. The molecule has 7 nitrogen and oxygen atoms in total. The highest BCUT2D eigenvalue weighted by molar-refractivity contribution is 5.85. The number of nitrogens with zero attached hydrogens (tertiary/aromatic N) is 5. The van der Waals surface area contributed by atoms with Gasteiger partial charge in [-0.15, -0.1) is 5.10 Å². The second-order valence-corrected chi connectivity index (χ2v) is 7.34. The standard InChI is InChI=1S/C20H25N5O2/c1-4-19(26)24(12-17-6-5-7-27-17)11-16-10-15-8-13(2)14(3)9-18(15)25-20(16)21-22-23-25/h8-10,17H,4-7,11-12H2,1-3H3/t17-/m1/s1. The maximum absolute atomic E-state index is 12.6. The molecule has 142 valence electrons. The second kappa shape index (κ2) is 7.23. The lowest BCUT2D eigenvalue weighted by atomic mass is 10.0. The van der Waals surface area contributed by atoms with E-state index in [1.54, 1.807) is 4.52 Å². The Labute approximate surface area is 158 Å². The topological polar surface area (TPSA) is 72.6 Å². The summed E-state index contributed by atoms with van der Waals surface area (Å²) in [5.41, 5.74) is 5.06. The molecule has 1 amide bonds. The number of ether oxygens (including phenoxy) is 1. The number of pyridine rings is 1. The van der Waals surface area contributed by atoms with Gasteiger partial charge in [-0.1, -0.05) is 6.92 Å². The number of aryl methyl sites for hydroxylation is 2. The molecule has 1 aliphatic rings. The first-order valence-electron chi connectivity index (χ1n) is 9.57. The average molecular weight is 367 g/mol. The molecule has 1 aliphatic heterocycles. The third kappa shape index (κ3) is 3.39. The van der Waals surface area contributed by atoms with Crippen molar-refractivity contribution < 1.29 is 9.53 Å². The van der Waals surface area contributed by atoms with Gasteiger partial charge in [-0.05, 0) is 66.4 Å². The third-order valence-corrected chi connectivity index (χ3v) is 5.42. The molecule has 3 heterocycles. The van der Waals surface area contributed by atoms with Crippen molar-refractivity contribution in [2.45, 2.75) is 52.7 Å². The summed E-state index contributed by atoms with van der Waals surface area (Å²) in [5, 5.41) is 13.4. The SMILES string of the molecule is CCC(=O)N(Cc1cc2cc(C)c(C)cc2n2nnnc12)C[C@H]1CCCO1. The summed E-state index contributed by atoms with van der Waals surface area (Å²) in [5.74, 6) is 0.122. The highest BCUT2D eigenvalue weighted by atomic mass is 16.5. The minimum absolute atomic E-state index is 0.122. The zero-order valence-electron chi connectivity index (χ0n) is 16.1. The summed E-state index contributed by atoms with van der Waals surface area (Å²) >= 11 is 0. The van der Waals surface area contributed by atoms with Gasteiger partial charge in [-0.25, -0.2) is 0 Å². The first-order valence-corrected chi connectivity index (χ1v) is 9.57. The molecule has 27 heavy (non-hydrogen) atoms. The minimum atomic E-state index is 0.122. The lowest BCUT2D eigenvalue weighted by Crippen LogP contribution is -2.36. The van der Waals surface area contributed by atoms with E-state index in [0.717, 1.165) is 35.9 Å². The highest BCUT2D eigenvalue weighted by Crippen LogP contribution is 2.24. The van der Waals surface area contributed by atoms with E-state index in [9.17, 15) is 4.79 Å². The van der Waals surface area contributed by atoms with Crippen LogP contribution < -0.4 is 0 Å². The number of carbonyl (C=O) groups is 1. The number of tetrazole rings is 1. The number of fused-ring (bicyclic) bond motifs is 3. The van der Waals surface area contributed by atoms with Crippen molar-refractivity contribution in [3.8, 4) is 0 Å². The molecule has 1 aromatic carbocycles. The van der Waals surface area contributed by atoms with E-state index in [0.29, 0.717) is 25.2 Å². The number of benzene rings is 1. The summed E-state index contributed by atoms with van der Waals surface area (Å²) in [4.78, 5) is 14.4. The lowest BCUT2D eigenvalue weighted by Gasteiger charge is -2.25. The monoisotopic (exact) mass is 367 g/mol. The van der Waals surface area contributed by atoms with E-state index in [1.807, 2.05) is 11.8 Å². The van der Waals surface area contributed by atoms with Gasteiger partial charge in [0.05, 0.1) is 11.6 Å². The van der Waals surface area contributed by atoms with Gasteiger partial charge < -0.3 is 9.64 Å². The molecule has 1 saturated heterocycles. The van der Waals surface area contributed by atoms with Crippen LogP contribution in [0.1, 0.15) is 42.9 Å². The number of aromatic nitrogens is 4. The van der Waals surface area contributed by atoms with Crippen LogP contribution in [0.25, 0.3) is 16.6 Å². The van der Waals surface area contributed by atoms with Crippen molar-refractivity contribution >= 4 is 22.5 Å². The molecular weight excluding hydrogens is 342 g/mol. The van der Waals surface area contributed by atoms with Crippen LogP contribution in [0.5, 0.6) is 0 Å². The van der Waals surface area contributed by atoms with Crippen molar-refractivity contribution in [1.29, 1.82) is 0 Å². The normalized spacial score (nSPS) is 17.1. The Morgan fingerprint density at radius 2 is 2.11 bits per heavy atom. The lowest BCUT2D eigenvalue weighted by molar-refractivity contribution is -0.133. The summed E-state index contributed by atoms with van der Waals surface area (Å²) in [6.07, 6.45) is 2.66. The van der Waals surface area contributed by atoms with Crippen LogP contribution in [0.4, 0.5) is 0 Å². The fourth-order valence-corrected chi connectivity index (χ4v) is 3.76. The third-order valence-electron chi connectivity index (χ3n) is 5.42. The highest BCUT2D eigenvalue weighted by Gasteiger charge is 2.23. The van der Waals surface area contributed by atoms with Gasteiger partial charge in [-0.2, -0.15) is 4.52 Å². The average Bonchev–Trinajstić information content (AvgIpc) is 3.34. The van der Waals surface area contributed by atoms with Gasteiger partial charge in [0.15, 0.2) is 5.65 Å². The van der Waals surface area contributed by atoms with Crippen LogP contribution in [0, 0.1) is 13.8 Å². The Morgan fingerprint density at radius 3 is 2.85 bits per heavy atom. The molecule has 2 aromatic heterocycles. The second-order valence-electron chi connectivity index (χ2n) is 7.34. The van der Waals surface area contributed by atoms with E-state index in [-0.39, 0.29) is 12.0 Å². The maximum Gasteiger partial charge on any atom is 0.222 e. The molecule has 0 unspecified atom stereocenters. The predicted octanol–water partition coefficient (Wildman–Crippen LogP) is 2.81. The molecule has 4 rings (SSSR count). The van der Waals surface area contributed by atoms with Crippen LogP contribution in [0.15, 0.2) is 18.2 Å². The molecule has 0 spiro atoms. The molecule has 3 aromatic rings. The largest absolute Gasteiger partial charge is 0.376 e. The van der Waals surface area contributed by atoms with E-state index < -0.39 is 0 Å². The van der Waals surface area contributed by atoms with Gasteiger partial charge in [-0.3, -0.25) is 4.79 Å². The van der Waals surface area contributed by atoms with Crippen molar-refractivity contribution in [3.63, 3.8) is 0 Å². The molecule has 0 saturated carbocycles. The molecule has 1 fully saturated rings. The molecule has 0 aliphatic carbocycles. The minimum Gasteiger partial charge on any atom is -0.376 e. The van der Waals surface area contributed by atoms with Crippen LogP contribution in [0.3, 0.4) is 0 Å². The fraction of sp³-hybridized carbons (Fsp3) is 0.500. The van der Waals surface area contributed by atoms with E-state index >= 15 is 0 Å². The number of rotatable bonds is 5. The Morgan fingerprint density at radius 1 is 1.30 bits per heavy atom. The molecule has 7 heteroatoms. The van der Waals surface area contributed by atoms with E-state index in [1.165, 1.54) is 11.1 Å². The summed E-state index contributed by atoms with van der Waals surface area (Å²) in [6, 6.07) is 6.37. The van der Waals surface area contributed by atoms with Gasteiger partial charge in [0.2, 0.25) is 5.91 Å². The zero-order valence-corrected chi connectivity index (χ0v) is 16.1. The summed E-state index contributed by atoms with van der Waals surface area (Å²) in [6.45, 7) is 7.96. The predicted molar refractivity (Wildman–Crippen MR) is 102 cm³/mol. The smallest absolute Gasteiger partial charge is 0.222 e. The first kappa shape index (κ1) is 17.9. The Balaban J connectivity index is 1.75. The number of amides is 1. The van der Waals surface area contributed by atoms with Crippen LogP contribution >= 0.6 is 0 Å². The number of carbonyl (C=O) groups excluding carboxylic acids is 1. The van der Waals surface area contributed by atoms with Crippen molar-refractivity contribution in [2.75, 3.05) is 13.2 Å². The van der Waals surface area contributed by atoms with Crippen molar-refractivity contribution in [2.24, 2.45) is 0 Å². The Hall–Kier alpha value is -2.54. The van der Waals surface area contributed by atoms with E-state index in [4.69, 9.17) is 4.74 Å². The maximum atomic E-state index is 12.6. The van der Waals surface area contributed by atoms with Crippen LogP contribution in [-0.2, 0) is 16.1 Å². The van der Waals surface area contributed by atoms with Gasteiger partial charge in [0, 0.05) is 37.1 Å². The van der Waals surface area contributed by atoms with Crippen LogP contribution in [-0.4, -0.2) is 50.1 Å². The fourth-order valence-electron chi connectivity index (χ4n) is 3.76. The molecular formula is C20H25N5O2. The van der Waals surface area contributed by atoms with Gasteiger partial charge in [0.1, 0.15) is 0 Å². The Kier molecular flexibility index (Phi) is 4.78. The van der Waals surface area contributed by atoms with Crippen LogP contribution in [0.2, 0.25) is 0 Å². The summed E-state index contributed by atoms with van der Waals surface area (Å²) < 4.78 is 7.52. The van der Waals surface area contributed by atoms with Gasteiger partial charge in [0.25, 0.3) is 0 Å². The molecule has 1 atom stereocenters. The first-order chi connectivity index (χ1) is 13.1. The number of hydrogen-bond acceptors (Lipinski definition) is 5.